The van der Waals surface area contributed by atoms with Crippen LogP contribution in [0.15, 0.2) is 11.6 Å². The highest BCUT2D eigenvalue weighted by molar-refractivity contribution is 5.91. The highest BCUT2D eigenvalue weighted by Crippen LogP contribution is 2.66. The Labute approximate surface area is 189 Å². The second-order valence-electron chi connectivity index (χ2n) is 11.1. The van der Waals surface area contributed by atoms with Crippen LogP contribution in [0.3, 0.4) is 0 Å². The van der Waals surface area contributed by atoms with E-state index in [0.29, 0.717) is 31.6 Å². The van der Waals surface area contributed by atoms with Crippen molar-refractivity contribution < 1.29 is 35.9 Å². The molecule has 1 amide bonds. The van der Waals surface area contributed by atoms with Gasteiger partial charge in [0.05, 0.1) is 0 Å². The molecule has 0 heterocycles. The Kier molecular flexibility index (Phi) is 5.96. The lowest BCUT2D eigenvalue weighted by molar-refractivity contribution is -0.192. The van der Waals surface area contributed by atoms with E-state index in [1.54, 1.807) is 6.08 Å². The first-order valence-electron chi connectivity index (χ1n) is 11.8. The van der Waals surface area contributed by atoms with Crippen molar-refractivity contribution in [1.29, 1.82) is 0 Å². The largest absolute Gasteiger partial charge is 0.406 e. The van der Waals surface area contributed by atoms with Gasteiger partial charge in [0.15, 0.2) is 5.78 Å². The molecule has 4 aliphatic carbocycles. The summed E-state index contributed by atoms with van der Waals surface area (Å²) >= 11 is 0. The van der Waals surface area contributed by atoms with Crippen LogP contribution in [-0.2, 0) is 9.59 Å². The lowest BCUT2D eigenvalue weighted by atomic mass is 9.47. The molecule has 0 N–H and O–H groups in total. The molecule has 0 aromatic rings. The zero-order chi connectivity index (χ0) is 24.4. The Morgan fingerprint density at radius 3 is 2.18 bits per heavy atom. The van der Waals surface area contributed by atoms with Gasteiger partial charge in [-0.3, -0.25) is 9.59 Å². The number of halogens is 6. The Balaban J connectivity index is 1.57. The van der Waals surface area contributed by atoms with Crippen LogP contribution in [0.1, 0.15) is 65.2 Å². The topological polar surface area (TPSA) is 37.4 Å². The molecule has 186 valence electrons. The monoisotopic (exact) mass is 479 g/mol. The van der Waals surface area contributed by atoms with Crippen molar-refractivity contribution in [3.63, 3.8) is 0 Å². The van der Waals surface area contributed by atoms with Gasteiger partial charge >= 0.3 is 12.4 Å². The van der Waals surface area contributed by atoms with Gasteiger partial charge in [0.2, 0.25) is 5.91 Å². The number of nitrogens with zero attached hydrogens (tertiary/aromatic N) is 1. The minimum Gasteiger partial charge on any atom is -0.324 e. The molecule has 0 spiro atoms. The van der Waals surface area contributed by atoms with Crippen molar-refractivity contribution in [1.82, 2.24) is 4.90 Å². The number of hydrogen-bond acceptors (Lipinski definition) is 2. The lowest BCUT2D eigenvalue weighted by Crippen LogP contribution is -2.53. The minimum atomic E-state index is -4.89. The third-order valence-electron chi connectivity index (χ3n) is 9.31. The molecular formula is C24H31F6NO2. The summed E-state index contributed by atoms with van der Waals surface area (Å²) in [7, 11) is 0. The summed E-state index contributed by atoms with van der Waals surface area (Å²) in [5.74, 6) is -0.985. The van der Waals surface area contributed by atoms with Crippen LogP contribution < -0.4 is 0 Å². The lowest BCUT2D eigenvalue weighted by Gasteiger charge is -2.58. The van der Waals surface area contributed by atoms with Gasteiger partial charge in [-0.1, -0.05) is 19.4 Å². The SMILES string of the molecule is C[C@]12CCC(=O)C=C1CC[C@@H]1[C@H]2CC[C@]2(C)C(C(=O)N(CC(F)(F)F)CC(F)(F)F)CC[C@@H]12. The predicted molar refractivity (Wildman–Crippen MR) is 109 cm³/mol. The second kappa shape index (κ2) is 8.01. The highest BCUT2D eigenvalue weighted by Gasteiger charge is 2.61. The van der Waals surface area contributed by atoms with Gasteiger partial charge in [-0.25, -0.2) is 0 Å². The van der Waals surface area contributed by atoms with Crippen LogP contribution in [0.2, 0.25) is 0 Å². The molecule has 3 fully saturated rings. The Morgan fingerprint density at radius 1 is 0.939 bits per heavy atom. The first-order chi connectivity index (χ1) is 15.1. The van der Waals surface area contributed by atoms with E-state index in [4.69, 9.17) is 0 Å². The molecule has 0 saturated heterocycles. The number of rotatable bonds is 3. The van der Waals surface area contributed by atoms with Gasteiger partial charge in [-0.05, 0) is 79.6 Å². The number of carbonyl (C=O) groups excluding carboxylic acids is 2. The molecule has 0 aliphatic heterocycles. The van der Waals surface area contributed by atoms with E-state index >= 15 is 0 Å². The summed E-state index contributed by atoms with van der Waals surface area (Å²) in [6, 6.07) is 0. The van der Waals surface area contributed by atoms with Crippen molar-refractivity contribution in [2.45, 2.75) is 77.6 Å². The average molecular weight is 480 g/mol. The zero-order valence-corrected chi connectivity index (χ0v) is 19.0. The van der Waals surface area contributed by atoms with E-state index in [1.807, 2.05) is 6.92 Å². The molecule has 33 heavy (non-hydrogen) atoms. The fourth-order valence-corrected chi connectivity index (χ4v) is 7.83. The molecule has 0 radical (unpaired) electrons. The van der Waals surface area contributed by atoms with Gasteiger partial charge in [-0.15, -0.1) is 0 Å². The summed E-state index contributed by atoms with van der Waals surface area (Å²) in [5, 5.41) is 0. The number of allylic oxidation sites excluding steroid dienone is 1. The maximum Gasteiger partial charge on any atom is 0.406 e. The molecule has 0 aromatic heterocycles. The highest BCUT2D eigenvalue weighted by atomic mass is 19.4. The molecular weight excluding hydrogens is 448 g/mol. The Hall–Kier alpha value is -1.54. The second-order valence-corrected chi connectivity index (χ2v) is 11.1. The van der Waals surface area contributed by atoms with Crippen LogP contribution in [0.5, 0.6) is 0 Å². The standard InChI is InChI=1S/C24H31F6NO2/c1-21-9-7-15(32)11-14(21)3-4-16-17-5-6-19(22(17,2)10-8-18(16)21)20(33)31(12-23(25,26)27)13-24(28,29)30/h11,16-19H,3-10,12-13H2,1-2H3/t16-,17-,18+,19?,21-,22-/m0/s1. The number of ketones is 1. The number of fused-ring (bicyclic) bond motifs is 5. The van der Waals surface area contributed by atoms with E-state index in [-0.39, 0.29) is 27.9 Å². The van der Waals surface area contributed by atoms with Crippen molar-refractivity contribution in [2.75, 3.05) is 13.1 Å². The van der Waals surface area contributed by atoms with E-state index < -0.39 is 42.7 Å². The molecule has 6 atom stereocenters. The molecule has 9 heteroatoms. The third kappa shape index (κ3) is 4.45. The van der Waals surface area contributed by atoms with Crippen LogP contribution in [-0.4, -0.2) is 42.0 Å². The van der Waals surface area contributed by atoms with Gasteiger partial charge < -0.3 is 4.90 Å². The molecule has 0 bridgehead atoms. The predicted octanol–water partition coefficient (Wildman–Crippen LogP) is 6.09. The first kappa shape index (κ1) is 24.6. The fraction of sp³-hybridized carbons (Fsp3) is 0.833. The number of hydrogen-bond donors (Lipinski definition) is 0. The van der Waals surface area contributed by atoms with E-state index in [9.17, 15) is 35.9 Å². The maximum absolute atomic E-state index is 13.1. The average Bonchev–Trinajstić information content (AvgIpc) is 3.02. The fourth-order valence-electron chi connectivity index (χ4n) is 7.83. The quantitative estimate of drug-likeness (QED) is 0.460. The van der Waals surface area contributed by atoms with Crippen molar-refractivity contribution >= 4 is 11.7 Å². The van der Waals surface area contributed by atoms with Crippen LogP contribution >= 0.6 is 0 Å². The molecule has 3 saturated carbocycles. The third-order valence-corrected chi connectivity index (χ3v) is 9.31. The van der Waals surface area contributed by atoms with Gasteiger partial charge in [0.1, 0.15) is 13.1 Å². The van der Waals surface area contributed by atoms with E-state index in [0.717, 1.165) is 25.7 Å². The minimum absolute atomic E-state index is 0.0276. The molecule has 4 aliphatic rings. The van der Waals surface area contributed by atoms with E-state index in [1.165, 1.54) is 5.57 Å². The number of alkyl halides is 6. The maximum atomic E-state index is 13.1. The summed E-state index contributed by atoms with van der Waals surface area (Å²) in [5.41, 5.74) is 0.505. The number of carbonyl (C=O) groups is 2. The smallest absolute Gasteiger partial charge is 0.324 e. The van der Waals surface area contributed by atoms with Crippen molar-refractivity contribution in [3.8, 4) is 0 Å². The summed E-state index contributed by atoms with van der Waals surface area (Å²) in [6.07, 6.45) is -2.68. The van der Waals surface area contributed by atoms with E-state index in [2.05, 4.69) is 6.92 Å². The van der Waals surface area contributed by atoms with Crippen LogP contribution in [0.4, 0.5) is 26.3 Å². The van der Waals surface area contributed by atoms with Crippen molar-refractivity contribution in [3.05, 3.63) is 11.6 Å². The van der Waals surface area contributed by atoms with Gasteiger partial charge in [0, 0.05) is 12.3 Å². The Morgan fingerprint density at radius 2 is 1.58 bits per heavy atom. The molecule has 3 nitrogen and oxygen atoms in total. The molecule has 4 rings (SSSR count). The van der Waals surface area contributed by atoms with Gasteiger partial charge in [0.25, 0.3) is 0 Å². The summed E-state index contributed by atoms with van der Waals surface area (Å²) < 4.78 is 78.1. The number of amides is 1. The van der Waals surface area contributed by atoms with Gasteiger partial charge in [-0.2, -0.15) is 26.3 Å². The normalized spacial score (nSPS) is 38.8. The Bertz CT molecular complexity index is 833. The van der Waals surface area contributed by atoms with Crippen molar-refractivity contribution in [2.24, 2.45) is 34.5 Å². The molecule has 0 aromatic carbocycles. The summed E-state index contributed by atoms with van der Waals surface area (Å²) in [6.45, 7) is 0.349. The summed E-state index contributed by atoms with van der Waals surface area (Å²) in [4.78, 5) is 25.1. The van der Waals surface area contributed by atoms with Crippen LogP contribution in [0.25, 0.3) is 0 Å². The first-order valence-corrected chi connectivity index (χ1v) is 11.8. The molecule has 1 unspecified atom stereocenters. The zero-order valence-electron chi connectivity index (χ0n) is 19.0. The van der Waals surface area contributed by atoms with Crippen LogP contribution in [0, 0.1) is 34.5 Å².